The molecule has 1 unspecified atom stereocenters. The van der Waals surface area contributed by atoms with Crippen molar-refractivity contribution in [1.82, 2.24) is 0 Å². The summed E-state index contributed by atoms with van der Waals surface area (Å²) in [4.78, 5) is 0. The maximum absolute atomic E-state index is 11.2. The topological polar surface area (TPSA) is 77.4 Å². The maximum atomic E-state index is 11.2. The van der Waals surface area contributed by atoms with Crippen molar-refractivity contribution in [3.63, 3.8) is 0 Å². The van der Waals surface area contributed by atoms with Crippen LogP contribution in [0.5, 0.6) is 0 Å². The minimum Gasteiger partial charge on any atom is -0.748 e. The monoisotopic (exact) mass is 344 g/mol. The van der Waals surface area contributed by atoms with Gasteiger partial charge in [-0.25, -0.2) is 8.42 Å². The van der Waals surface area contributed by atoms with Crippen LogP contribution in [0.2, 0.25) is 0 Å². The Hall–Kier alpha value is 0.870. The van der Waals surface area contributed by atoms with Gasteiger partial charge in [-0.1, -0.05) is 71.1 Å². The molecule has 0 aliphatic heterocycles. The van der Waals surface area contributed by atoms with Gasteiger partial charge in [-0.15, -0.1) is 0 Å². The van der Waals surface area contributed by atoms with Crippen molar-refractivity contribution < 1.29 is 47.6 Å². The van der Waals surface area contributed by atoms with Crippen molar-refractivity contribution in [2.45, 2.75) is 95.6 Å². The van der Waals surface area contributed by atoms with E-state index in [0.29, 0.717) is 19.4 Å². The number of aliphatic hydroxyl groups excluding tert-OH is 1. The van der Waals surface area contributed by atoms with Crippen LogP contribution < -0.4 is 29.6 Å². The van der Waals surface area contributed by atoms with Gasteiger partial charge in [-0.2, -0.15) is 0 Å². The van der Waals surface area contributed by atoms with E-state index in [0.717, 1.165) is 44.9 Å². The van der Waals surface area contributed by atoms with E-state index in [1.807, 2.05) is 6.92 Å². The van der Waals surface area contributed by atoms with Crippen LogP contribution in [0.25, 0.3) is 0 Å². The fraction of sp³-hybridized carbons (Fsp3) is 1.00. The van der Waals surface area contributed by atoms with Gasteiger partial charge in [0.05, 0.1) is 10.1 Å². The van der Waals surface area contributed by atoms with E-state index in [2.05, 4.69) is 0 Å². The molecular formula is C16H33NaO4S. The molecule has 0 saturated carbocycles. The van der Waals surface area contributed by atoms with Crippen LogP contribution in [0.3, 0.4) is 0 Å². The summed E-state index contributed by atoms with van der Waals surface area (Å²) < 4.78 is 33.5. The van der Waals surface area contributed by atoms with Crippen LogP contribution in [0.15, 0.2) is 0 Å². The zero-order valence-corrected chi connectivity index (χ0v) is 17.4. The summed E-state index contributed by atoms with van der Waals surface area (Å²) in [6.45, 7) is 2.30. The molecule has 6 heteroatoms. The molecule has 0 aromatic rings. The molecule has 0 bridgehead atoms. The largest absolute Gasteiger partial charge is 1.00 e. The molecule has 128 valence electrons. The van der Waals surface area contributed by atoms with E-state index in [1.54, 1.807) is 0 Å². The second-order valence-electron chi connectivity index (χ2n) is 5.95. The van der Waals surface area contributed by atoms with Crippen molar-refractivity contribution >= 4 is 10.1 Å². The van der Waals surface area contributed by atoms with Crippen LogP contribution in [0.1, 0.15) is 90.4 Å². The minimum atomic E-state index is -4.12. The Kier molecular flexibility index (Phi) is 19.1. The number of unbranched alkanes of at least 4 members (excludes halogenated alkanes) is 9. The van der Waals surface area contributed by atoms with Crippen molar-refractivity contribution in [2.75, 3.05) is 6.61 Å². The predicted octanol–water partition coefficient (Wildman–Crippen LogP) is 0.988. The quantitative estimate of drug-likeness (QED) is 0.273. The summed E-state index contributed by atoms with van der Waals surface area (Å²) in [6, 6.07) is 0. The Morgan fingerprint density at radius 3 is 1.64 bits per heavy atom. The Morgan fingerprint density at radius 1 is 0.818 bits per heavy atom. The predicted molar refractivity (Wildman–Crippen MR) is 86.3 cm³/mol. The molecular weight excluding hydrogens is 311 g/mol. The van der Waals surface area contributed by atoms with E-state index in [4.69, 9.17) is 5.11 Å². The van der Waals surface area contributed by atoms with Gasteiger partial charge >= 0.3 is 29.6 Å². The minimum absolute atomic E-state index is 0. The van der Waals surface area contributed by atoms with Crippen LogP contribution in [-0.2, 0) is 10.1 Å². The number of hydrogen-bond donors (Lipinski definition) is 1. The molecule has 0 aromatic carbocycles. The number of rotatable bonds is 15. The molecule has 0 aromatic heterocycles. The summed E-state index contributed by atoms with van der Waals surface area (Å²) in [5.41, 5.74) is 0. The molecule has 0 heterocycles. The van der Waals surface area contributed by atoms with Gasteiger partial charge in [0.15, 0.2) is 0 Å². The van der Waals surface area contributed by atoms with Crippen molar-refractivity contribution in [3.05, 3.63) is 0 Å². The standard InChI is InChI=1S/C16H34O4S.Na/c1-2-3-13-16(21(18,19)20)14-11-9-7-5-4-6-8-10-12-15-17;/h16-17H,2-15H2,1H3,(H,18,19,20);/q;+1/p-1. The third-order valence-corrected chi connectivity index (χ3v) is 5.26. The second-order valence-corrected chi connectivity index (χ2v) is 7.60. The van der Waals surface area contributed by atoms with Crippen molar-refractivity contribution in [3.8, 4) is 0 Å². The van der Waals surface area contributed by atoms with Crippen molar-refractivity contribution in [1.29, 1.82) is 0 Å². The third kappa shape index (κ3) is 15.8. The molecule has 4 nitrogen and oxygen atoms in total. The van der Waals surface area contributed by atoms with Crippen molar-refractivity contribution in [2.24, 2.45) is 0 Å². The van der Waals surface area contributed by atoms with Gasteiger partial charge in [0.1, 0.15) is 0 Å². The zero-order chi connectivity index (χ0) is 16.0. The Balaban J connectivity index is 0. The molecule has 0 saturated heterocycles. The zero-order valence-electron chi connectivity index (χ0n) is 14.6. The Bertz CT molecular complexity index is 320. The summed E-state index contributed by atoms with van der Waals surface area (Å²) in [7, 11) is -4.12. The average molecular weight is 344 g/mol. The Morgan fingerprint density at radius 2 is 1.23 bits per heavy atom. The van der Waals surface area contributed by atoms with Crippen LogP contribution >= 0.6 is 0 Å². The molecule has 0 amide bonds. The normalized spacial score (nSPS) is 12.9. The summed E-state index contributed by atoms with van der Waals surface area (Å²) in [6.07, 6.45) is 12.6. The first-order valence-corrected chi connectivity index (χ1v) is 10.0. The summed E-state index contributed by atoms with van der Waals surface area (Å²) in [5, 5.41) is 7.99. The van der Waals surface area contributed by atoms with E-state index >= 15 is 0 Å². The number of hydrogen-bond acceptors (Lipinski definition) is 4. The van der Waals surface area contributed by atoms with Crippen LogP contribution in [0, 0.1) is 0 Å². The summed E-state index contributed by atoms with van der Waals surface area (Å²) in [5.74, 6) is 0. The van der Waals surface area contributed by atoms with Crippen LogP contribution in [-0.4, -0.2) is 29.9 Å². The second kappa shape index (κ2) is 16.7. The van der Waals surface area contributed by atoms with Gasteiger partial charge in [-0.05, 0) is 19.3 Å². The van der Waals surface area contributed by atoms with E-state index in [9.17, 15) is 13.0 Å². The fourth-order valence-corrected chi connectivity index (χ4v) is 3.50. The molecule has 1 atom stereocenters. The van der Waals surface area contributed by atoms with Gasteiger partial charge < -0.3 is 9.66 Å². The SMILES string of the molecule is CCCCC(CCCCCCCCCCCO)S(=O)(=O)[O-].[Na+]. The first-order chi connectivity index (χ1) is 10.0. The maximum Gasteiger partial charge on any atom is 1.00 e. The first-order valence-electron chi connectivity index (χ1n) is 8.58. The first kappa shape index (κ1) is 25.1. The van der Waals surface area contributed by atoms with Gasteiger partial charge in [0, 0.05) is 11.9 Å². The smallest absolute Gasteiger partial charge is 0.748 e. The van der Waals surface area contributed by atoms with E-state index in [1.165, 1.54) is 25.7 Å². The third-order valence-electron chi connectivity index (χ3n) is 3.97. The molecule has 1 N–H and O–H groups in total. The number of aliphatic hydroxyl groups is 1. The summed E-state index contributed by atoms with van der Waals surface area (Å²) >= 11 is 0. The molecule has 0 radical (unpaired) electrons. The molecule has 0 aliphatic carbocycles. The fourth-order valence-electron chi connectivity index (χ4n) is 2.59. The molecule has 0 rings (SSSR count). The molecule has 0 aliphatic rings. The molecule has 0 fully saturated rings. The molecule has 0 spiro atoms. The van der Waals surface area contributed by atoms with Gasteiger partial charge in [-0.3, -0.25) is 0 Å². The van der Waals surface area contributed by atoms with Gasteiger partial charge in [0.25, 0.3) is 0 Å². The van der Waals surface area contributed by atoms with Gasteiger partial charge in [0.2, 0.25) is 0 Å². The Labute approximate surface area is 159 Å². The van der Waals surface area contributed by atoms with E-state index in [-0.39, 0.29) is 29.6 Å². The van der Waals surface area contributed by atoms with E-state index < -0.39 is 15.4 Å². The molecule has 22 heavy (non-hydrogen) atoms. The average Bonchev–Trinajstić information content (AvgIpc) is 2.42. The van der Waals surface area contributed by atoms with Crippen LogP contribution in [0.4, 0.5) is 0 Å².